The molecule has 0 unspecified atom stereocenters. The van der Waals surface area contributed by atoms with Gasteiger partial charge in [-0.05, 0) is 101 Å². The highest BCUT2D eigenvalue weighted by atomic mass is 14.2. The van der Waals surface area contributed by atoms with Crippen LogP contribution in [0, 0.1) is 0 Å². The van der Waals surface area contributed by atoms with Gasteiger partial charge in [0.1, 0.15) is 0 Å². The largest absolute Gasteiger partial charge is 0.0622 e. The standard InChI is InChI=1S/C44H30/c1-5-15-31(16-6-1)35-27-36(32-17-7-2-8-18-32)29-37(28-35)44-40-25-13-23-38(33-19-9-3-10-20-33)42(40)30-43-39(24-14-26-41(43)44)34-21-11-4-12-22-34/h1-30H. The van der Waals surface area contributed by atoms with Gasteiger partial charge in [0.05, 0.1) is 0 Å². The third-order valence-electron chi connectivity index (χ3n) is 8.65. The average Bonchev–Trinajstić information content (AvgIpc) is 3.11. The average molecular weight is 559 g/mol. The van der Waals surface area contributed by atoms with Crippen molar-refractivity contribution in [2.45, 2.75) is 0 Å². The van der Waals surface area contributed by atoms with Crippen LogP contribution in [0.5, 0.6) is 0 Å². The molecule has 0 fully saturated rings. The summed E-state index contributed by atoms with van der Waals surface area (Å²) >= 11 is 0. The molecular formula is C44H30. The summed E-state index contributed by atoms with van der Waals surface area (Å²) in [4.78, 5) is 0. The van der Waals surface area contributed by atoms with Gasteiger partial charge >= 0.3 is 0 Å². The number of hydrogen-bond acceptors (Lipinski definition) is 0. The molecular weight excluding hydrogens is 528 g/mol. The van der Waals surface area contributed by atoms with E-state index < -0.39 is 0 Å². The number of hydrogen-bond donors (Lipinski definition) is 0. The van der Waals surface area contributed by atoms with Crippen molar-refractivity contribution < 1.29 is 0 Å². The summed E-state index contributed by atoms with van der Waals surface area (Å²) in [5.41, 5.74) is 12.3. The molecule has 0 aliphatic rings. The molecule has 0 radical (unpaired) electrons. The van der Waals surface area contributed by atoms with E-state index in [2.05, 4.69) is 182 Å². The van der Waals surface area contributed by atoms with Gasteiger partial charge in [-0.25, -0.2) is 0 Å². The molecule has 0 aliphatic heterocycles. The van der Waals surface area contributed by atoms with E-state index in [9.17, 15) is 0 Å². The van der Waals surface area contributed by atoms with Crippen LogP contribution in [0.4, 0.5) is 0 Å². The predicted molar refractivity (Wildman–Crippen MR) is 189 cm³/mol. The van der Waals surface area contributed by atoms with Gasteiger partial charge in [-0.2, -0.15) is 0 Å². The summed E-state index contributed by atoms with van der Waals surface area (Å²) in [5.74, 6) is 0. The van der Waals surface area contributed by atoms with Crippen LogP contribution < -0.4 is 0 Å². The Kier molecular flexibility index (Phi) is 6.59. The molecule has 0 saturated carbocycles. The van der Waals surface area contributed by atoms with E-state index in [1.807, 2.05) is 0 Å². The molecule has 8 aromatic carbocycles. The van der Waals surface area contributed by atoms with E-state index in [1.54, 1.807) is 0 Å². The first-order chi connectivity index (χ1) is 21.8. The number of benzene rings is 8. The summed E-state index contributed by atoms with van der Waals surface area (Å²) in [6.07, 6.45) is 0. The minimum absolute atomic E-state index is 1.21. The van der Waals surface area contributed by atoms with E-state index in [4.69, 9.17) is 0 Å². The van der Waals surface area contributed by atoms with Crippen molar-refractivity contribution in [1.82, 2.24) is 0 Å². The second kappa shape index (κ2) is 11.2. The maximum atomic E-state index is 2.41. The third-order valence-corrected chi connectivity index (χ3v) is 8.65. The molecule has 0 heterocycles. The molecule has 8 rings (SSSR count). The Bertz CT molecular complexity index is 2080. The van der Waals surface area contributed by atoms with Gasteiger partial charge in [-0.1, -0.05) is 158 Å². The fourth-order valence-electron chi connectivity index (χ4n) is 6.58. The molecule has 0 N–H and O–H groups in total. The summed E-state index contributed by atoms with van der Waals surface area (Å²) in [6.45, 7) is 0. The molecule has 0 spiro atoms. The Morgan fingerprint density at radius 1 is 0.205 bits per heavy atom. The van der Waals surface area contributed by atoms with Crippen molar-refractivity contribution >= 4 is 21.5 Å². The normalized spacial score (nSPS) is 11.2. The molecule has 0 nitrogen and oxygen atoms in total. The van der Waals surface area contributed by atoms with Gasteiger partial charge in [0.25, 0.3) is 0 Å². The Morgan fingerprint density at radius 2 is 0.568 bits per heavy atom. The summed E-state index contributed by atoms with van der Waals surface area (Å²) < 4.78 is 0. The van der Waals surface area contributed by atoms with Crippen LogP contribution in [0.2, 0.25) is 0 Å². The van der Waals surface area contributed by atoms with Gasteiger partial charge in [-0.15, -0.1) is 0 Å². The maximum Gasteiger partial charge on any atom is -0.00259 e. The smallest absolute Gasteiger partial charge is 0.00259 e. The first-order valence-corrected chi connectivity index (χ1v) is 15.2. The first kappa shape index (κ1) is 25.9. The Hall–Kier alpha value is -5.72. The first-order valence-electron chi connectivity index (χ1n) is 15.2. The minimum atomic E-state index is 1.21. The van der Waals surface area contributed by atoms with Crippen molar-refractivity contribution in [1.29, 1.82) is 0 Å². The predicted octanol–water partition coefficient (Wildman–Crippen LogP) is 12.3. The lowest BCUT2D eigenvalue weighted by molar-refractivity contribution is 1.58. The monoisotopic (exact) mass is 558 g/mol. The molecule has 0 aromatic heterocycles. The fraction of sp³-hybridized carbons (Fsp3) is 0. The lowest BCUT2D eigenvalue weighted by atomic mass is 9.85. The summed E-state index contributed by atoms with van der Waals surface area (Å²) in [6, 6.07) is 66.0. The number of rotatable bonds is 5. The van der Waals surface area contributed by atoms with Crippen molar-refractivity contribution in [3.8, 4) is 55.6 Å². The van der Waals surface area contributed by atoms with Gasteiger partial charge < -0.3 is 0 Å². The van der Waals surface area contributed by atoms with E-state index in [-0.39, 0.29) is 0 Å². The van der Waals surface area contributed by atoms with Crippen LogP contribution in [-0.2, 0) is 0 Å². The lowest BCUT2D eigenvalue weighted by Crippen LogP contribution is -1.92. The fourth-order valence-corrected chi connectivity index (χ4v) is 6.58. The molecule has 0 atom stereocenters. The van der Waals surface area contributed by atoms with E-state index >= 15 is 0 Å². The van der Waals surface area contributed by atoms with E-state index in [0.29, 0.717) is 0 Å². The van der Waals surface area contributed by atoms with Crippen molar-refractivity contribution in [2.75, 3.05) is 0 Å². The van der Waals surface area contributed by atoms with Crippen molar-refractivity contribution in [2.24, 2.45) is 0 Å². The minimum Gasteiger partial charge on any atom is -0.0622 e. The van der Waals surface area contributed by atoms with Crippen LogP contribution in [0.25, 0.3) is 77.2 Å². The third kappa shape index (κ3) is 4.68. The van der Waals surface area contributed by atoms with Gasteiger partial charge in [0.2, 0.25) is 0 Å². The van der Waals surface area contributed by atoms with Crippen LogP contribution in [0.1, 0.15) is 0 Å². The van der Waals surface area contributed by atoms with Crippen LogP contribution in [-0.4, -0.2) is 0 Å². The highest BCUT2D eigenvalue weighted by Crippen LogP contribution is 2.44. The van der Waals surface area contributed by atoms with Crippen LogP contribution in [0.15, 0.2) is 182 Å². The molecule has 0 amide bonds. The SMILES string of the molecule is c1ccc(-c2cc(-c3ccccc3)cc(-c3c4cccc(-c5ccccc5)c4cc4c(-c5ccccc5)cccc34)c2)cc1. The Balaban J connectivity index is 1.51. The van der Waals surface area contributed by atoms with Gasteiger partial charge in [0, 0.05) is 0 Å². The topological polar surface area (TPSA) is 0 Å². The summed E-state index contributed by atoms with van der Waals surface area (Å²) in [5, 5.41) is 5.04. The van der Waals surface area contributed by atoms with Crippen LogP contribution >= 0.6 is 0 Å². The van der Waals surface area contributed by atoms with E-state index in [0.717, 1.165) is 0 Å². The van der Waals surface area contributed by atoms with Gasteiger partial charge in [0.15, 0.2) is 0 Å². The quantitative estimate of drug-likeness (QED) is 0.184. The summed E-state index contributed by atoms with van der Waals surface area (Å²) in [7, 11) is 0. The van der Waals surface area contributed by atoms with Crippen LogP contribution in [0.3, 0.4) is 0 Å². The molecule has 0 aliphatic carbocycles. The molecule has 8 aromatic rings. The Morgan fingerprint density at radius 3 is 0.977 bits per heavy atom. The molecule has 206 valence electrons. The molecule has 0 saturated heterocycles. The molecule has 0 bridgehead atoms. The van der Waals surface area contributed by atoms with E-state index in [1.165, 1.54) is 77.2 Å². The number of fused-ring (bicyclic) bond motifs is 2. The van der Waals surface area contributed by atoms with Crippen molar-refractivity contribution in [3.05, 3.63) is 182 Å². The Labute approximate surface area is 258 Å². The second-order valence-corrected chi connectivity index (χ2v) is 11.3. The maximum absolute atomic E-state index is 2.41. The zero-order valence-electron chi connectivity index (χ0n) is 24.3. The molecule has 44 heavy (non-hydrogen) atoms. The highest BCUT2D eigenvalue weighted by Gasteiger charge is 2.17. The molecule has 0 heteroatoms. The lowest BCUT2D eigenvalue weighted by Gasteiger charge is -2.19. The second-order valence-electron chi connectivity index (χ2n) is 11.3. The van der Waals surface area contributed by atoms with Crippen molar-refractivity contribution in [3.63, 3.8) is 0 Å². The zero-order valence-corrected chi connectivity index (χ0v) is 24.3. The van der Waals surface area contributed by atoms with Gasteiger partial charge in [-0.3, -0.25) is 0 Å². The highest BCUT2D eigenvalue weighted by molar-refractivity contribution is 6.19. The zero-order chi connectivity index (χ0) is 29.3.